The Bertz CT molecular complexity index is 1080. The maximum absolute atomic E-state index is 12.7. The lowest BCUT2D eigenvalue weighted by molar-refractivity contribution is 0.0920. The Morgan fingerprint density at radius 3 is 2.77 bits per heavy atom. The van der Waals surface area contributed by atoms with Crippen LogP contribution in [0.5, 0.6) is 5.75 Å². The number of nitrogens with one attached hydrogen (secondary N) is 1. The topological polar surface area (TPSA) is 58.6 Å². The molecule has 0 saturated carbocycles. The molecule has 2 N–H and O–H groups in total. The first-order valence-electron chi connectivity index (χ1n) is 8.16. The van der Waals surface area contributed by atoms with Crippen LogP contribution in [0.4, 0.5) is 0 Å². The number of hydrogen-bond acceptors (Lipinski definition) is 5. The zero-order chi connectivity index (χ0) is 18.1. The third-order valence-corrected chi connectivity index (χ3v) is 6.67. The molecule has 0 saturated heterocycles. The zero-order valence-electron chi connectivity index (χ0n) is 14.1. The van der Waals surface area contributed by atoms with Crippen molar-refractivity contribution in [1.29, 1.82) is 0 Å². The zero-order valence-corrected chi connectivity index (χ0v) is 15.7. The van der Waals surface area contributed by atoms with Crippen molar-refractivity contribution in [3.8, 4) is 5.75 Å². The van der Waals surface area contributed by atoms with Crippen LogP contribution < -0.4 is 10.1 Å². The van der Waals surface area contributed by atoms with Gasteiger partial charge in [0.15, 0.2) is 0 Å². The normalized spacial score (nSPS) is 12.4. The van der Waals surface area contributed by atoms with E-state index in [-0.39, 0.29) is 12.5 Å². The molecule has 2 aromatic carbocycles. The number of aliphatic hydroxyl groups is 1. The van der Waals surface area contributed by atoms with E-state index in [0.29, 0.717) is 10.6 Å². The van der Waals surface area contributed by atoms with Crippen molar-refractivity contribution in [2.75, 3.05) is 13.7 Å². The van der Waals surface area contributed by atoms with Gasteiger partial charge in [-0.1, -0.05) is 30.3 Å². The van der Waals surface area contributed by atoms with Gasteiger partial charge in [-0.3, -0.25) is 4.79 Å². The fourth-order valence-electron chi connectivity index (χ4n) is 2.93. The Labute approximate surface area is 158 Å². The van der Waals surface area contributed by atoms with Crippen molar-refractivity contribution in [3.63, 3.8) is 0 Å². The van der Waals surface area contributed by atoms with Crippen LogP contribution in [-0.4, -0.2) is 24.7 Å². The van der Waals surface area contributed by atoms with E-state index in [2.05, 4.69) is 17.4 Å². The van der Waals surface area contributed by atoms with Gasteiger partial charge >= 0.3 is 0 Å². The number of fused-ring (bicyclic) bond motifs is 3. The predicted molar refractivity (Wildman–Crippen MR) is 107 cm³/mol. The molecule has 0 radical (unpaired) electrons. The van der Waals surface area contributed by atoms with E-state index in [1.165, 1.54) is 21.4 Å². The maximum Gasteiger partial charge on any atom is 0.261 e. The Hall–Kier alpha value is -2.41. The van der Waals surface area contributed by atoms with E-state index in [1.807, 2.05) is 42.5 Å². The third kappa shape index (κ3) is 3.07. The van der Waals surface area contributed by atoms with E-state index in [4.69, 9.17) is 4.74 Å². The summed E-state index contributed by atoms with van der Waals surface area (Å²) in [6.45, 7) is -0.179. The van der Waals surface area contributed by atoms with Crippen molar-refractivity contribution in [1.82, 2.24) is 5.32 Å². The van der Waals surface area contributed by atoms with Gasteiger partial charge in [0.2, 0.25) is 0 Å². The first-order chi connectivity index (χ1) is 12.7. The lowest BCUT2D eigenvalue weighted by Gasteiger charge is -2.17. The Morgan fingerprint density at radius 1 is 1.12 bits per heavy atom. The number of hydrogen-bond donors (Lipinski definition) is 2. The number of thiophene rings is 2. The molecule has 2 heterocycles. The van der Waals surface area contributed by atoms with Crippen molar-refractivity contribution in [2.24, 2.45) is 0 Å². The largest absolute Gasteiger partial charge is 0.497 e. The Balaban J connectivity index is 1.61. The van der Waals surface area contributed by atoms with Crippen LogP contribution in [0, 0.1) is 0 Å². The molecular formula is C20H17NO3S2. The van der Waals surface area contributed by atoms with E-state index in [0.717, 1.165) is 15.0 Å². The summed E-state index contributed by atoms with van der Waals surface area (Å²) in [6.07, 6.45) is 0. The summed E-state index contributed by atoms with van der Waals surface area (Å²) >= 11 is 3.18. The van der Waals surface area contributed by atoms with Crippen LogP contribution in [0.15, 0.2) is 54.6 Å². The first kappa shape index (κ1) is 17.0. The molecule has 132 valence electrons. The van der Waals surface area contributed by atoms with Crippen molar-refractivity contribution in [2.45, 2.75) is 6.04 Å². The van der Waals surface area contributed by atoms with Gasteiger partial charge in [0.1, 0.15) is 5.75 Å². The van der Waals surface area contributed by atoms with Gasteiger partial charge in [-0.2, -0.15) is 0 Å². The Kier molecular flexibility index (Phi) is 4.63. The molecule has 4 rings (SSSR count). The highest BCUT2D eigenvalue weighted by atomic mass is 32.1. The molecule has 0 spiro atoms. The highest BCUT2D eigenvalue weighted by Crippen LogP contribution is 2.39. The van der Waals surface area contributed by atoms with Gasteiger partial charge in [-0.05, 0) is 29.8 Å². The van der Waals surface area contributed by atoms with Crippen molar-refractivity contribution >= 4 is 48.1 Å². The second kappa shape index (κ2) is 7.07. The van der Waals surface area contributed by atoms with Gasteiger partial charge in [0.05, 0.1) is 29.3 Å². The number of benzene rings is 2. The van der Waals surface area contributed by atoms with Gasteiger partial charge in [-0.25, -0.2) is 0 Å². The highest BCUT2D eigenvalue weighted by molar-refractivity contribution is 7.33. The summed E-state index contributed by atoms with van der Waals surface area (Å²) in [5, 5.41) is 13.8. The Morgan fingerprint density at radius 2 is 1.96 bits per heavy atom. The minimum absolute atomic E-state index is 0.177. The van der Waals surface area contributed by atoms with Gasteiger partial charge in [-0.15, -0.1) is 22.7 Å². The van der Waals surface area contributed by atoms with Crippen LogP contribution in [0.2, 0.25) is 0 Å². The maximum atomic E-state index is 12.7. The molecule has 0 aliphatic rings. The van der Waals surface area contributed by atoms with Gasteiger partial charge in [0, 0.05) is 14.8 Å². The number of aliphatic hydroxyl groups excluding tert-OH is 1. The quantitative estimate of drug-likeness (QED) is 0.530. The standard InChI is InChI=1S/C20H17NO3S2/c1-24-13-6-4-5-12(9-13)15(11-22)21-20(23)18-10-17-19(26-18)14-7-2-3-8-16(14)25-17/h2-10,15,22H,11H2,1H3,(H,21,23). The average Bonchev–Trinajstić information content (AvgIpc) is 3.24. The molecule has 6 heteroatoms. The molecule has 1 amide bonds. The molecule has 4 nitrogen and oxygen atoms in total. The molecule has 1 unspecified atom stereocenters. The predicted octanol–water partition coefficient (Wildman–Crippen LogP) is 4.59. The summed E-state index contributed by atoms with van der Waals surface area (Å²) in [5.74, 6) is 0.516. The lowest BCUT2D eigenvalue weighted by Crippen LogP contribution is -2.30. The summed E-state index contributed by atoms with van der Waals surface area (Å²) in [5.41, 5.74) is 0.809. The van der Waals surface area contributed by atoms with Crippen LogP contribution >= 0.6 is 22.7 Å². The molecule has 0 aliphatic heterocycles. The molecule has 2 aromatic heterocycles. The van der Waals surface area contributed by atoms with Crippen LogP contribution in [0.25, 0.3) is 19.5 Å². The minimum atomic E-state index is -0.477. The van der Waals surface area contributed by atoms with Crippen LogP contribution in [0.1, 0.15) is 21.3 Å². The fraction of sp³-hybridized carbons (Fsp3) is 0.150. The van der Waals surface area contributed by atoms with E-state index >= 15 is 0 Å². The molecule has 26 heavy (non-hydrogen) atoms. The number of carbonyl (C=O) groups is 1. The molecule has 4 aromatic rings. The monoisotopic (exact) mass is 383 g/mol. The summed E-state index contributed by atoms with van der Waals surface area (Å²) in [7, 11) is 1.59. The van der Waals surface area contributed by atoms with Crippen LogP contribution in [-0.2, 0) is 0 Å². The lowest BCUT2D eigenvalue weighted by atomic mass is 10.1. The number of rotatable bonds is 5. The first-order valence-corrected chi connectivity index (χ1v) is 9.79. The second-order valence-corrected chi connectivity index (χ2v) is 8.02. The van der Waals surface area contributed by atoms with E-state index in [1.54, 1.807) is 18.4 Å². The SMILES string of the molecule is COc1cccc(C(CO)NC(=O)c2cc3sc4ccccc4c3s2)c1. The average molecular weight is 383 g/mol. The third-order valence-electron chi connectivity index (χ3n) is 4.26. The molecular weight excluding hydrogens is 366 g/mol. The summed E-state index contributed by atoms with van der Waals surface area (Å²) in [4.78, 5) is 13.4. The van der Waals surface area contributed by atoms with E-state index < -0.39 is 6.04 Å². The van der Waals surface area contributed by atoms with Gasteiger partial charge < -0.3 is 15.2 Å². The number of carbonyl (C=O) groups excluding carboxylic acids is 1. The smallest absolute Gasteiger partial charge is 0.261 e. The number of ether oxygens (including phenoxy) is 1. The van der Waals surface area contributed by atoms with Gasteiger partial charge in [0.25, 0.3) is 5.91 Å². The van der Waals surface area contributed by atoms with Crippen LogP contribution in [0.3, 0.4) is 0 Å². The second-order valence-electron chi connectivity index (χ2n) is 5.89. The molecule has 0 fully saturated rings. The number of amides is 1. The summed E-state index contributed by atoms with van der Waals surface area (Å²) < 4.78 is 8.70. The molecule has 0 bridgehead atoms. The molecule has 0 aliphatic carbocycles. The van der Waals surface area contributed by atoms with Crippen molar-refractivity contribution in [3.05, 3.63) is 65.0 Å². The fourth-order valence-corrected chi connectivity index (χ4v) is 5.36. The minimum Gasteiger partial charge on any atom is -0.497 e. The highest BCUT2D eigenvalue weighted by Gasteiger charge is 2.19. The van der Waals surface area contributed by atoms with E-state index in [9.17, 15) is 9.90 Å². The number of methoxy groups -OCH3 is 1. The van der Waals surface area contributed by atoms with Crippen molar-refractivity contribution < 1.29 is 14.6 Å². The molecule has 1 atom stereocenters. The summed E-state index contributed by atoms with van der Waals surface area (Å²) in [6, 6.07) is 17.0.